The van der Waals surface area contributed by atoms with E-state index in [0.717, 1.165) is 11.1 Å². The second-order valence-electron chi connectivity index (χ2n) is 16.6. The van der Waals surface area contributed by atoms with Gasteiger partial charge in [-0.2, -0.15) is 0 Å². The molecule has 3 fully saturated rings. The summed E-state index contributed by atoms with van der Waals surface area (Å²) in [5.41, 5.74) is 1.47. The highest BCUT2D eigenvalue weighted by Gasteiger charge is 2.46. The molecule has 3 aliphatic heterocycles. The molecule has 0 saturated carbocycles. The van der Waals surface area contributed by atoms with Crippen molar-refractivity contribution in [1.29, 1.82) is 0 Å². The third-order valence-corrected chi connectivity index (χ3v) is 11.3. The number of benzene rings is 2. The Labute approximate surface area is 356 Å². The molecule has 61 heavy (non-hydrogen) atoms. The van der Waals surface area contributed by atoms with Gasteiger partial charge in [0.25, 0.3) is 0 Å². The van der Waals surface area contributed by atoms with E-state index in [1.807, 2.05) is 19.1 Å². The Bertz CT molecular complexity index is 1910. The zero-order chi connectivity index (χ0) is 44.4. The van der Waals surface area contributed by atoms with Crippen LogP contribution in [0.3, 0.4) is 0 Å². The van der Waals surface area contributed by atoms with Crippen molar-refractivity contribution in [2.75, 3.05) is 47.4 Å². The number of nitrogens with zero attached hydrogens (tertiary/aromatic N) is 4. The van der Waals surface area contributed by atoms with Gasteiger partial charge in [-0.15, -0.1) is 0 Å². The smallest absolute Gasteiger partial charge is 0.329 e. The van der Waals surface area contributed by atoms with Crippen LogP contribution in [-0.4, -0.2) is 157 Å². The van der Waals surface area contributed by atoms with Gasteiger partial charge in [-0.3, -0.25) is 38.5 Å². The SMILES string of the molecule is C[C@@H]1C[C@H]2C(=O)O[C@@H](C)[C@H](NC(=O)[C@H](Cc3ccccc3)NC(=O)Cc3ccccc3)C(=O)N3CCC[C@H]3C(=O)N(C)[C@@H](CCOC(=O)CN(C)C)C(=O)N[C@@H](C)C(=O)N2C1. The molecule has 17 nitrogen and oxygen atoms in total. The molecule has 0 radical (unpaired) electrons. The topological polar surface area (TPSA) is 204 Å². The first-order chi connectivity index (χ1) is 29.0. The molecule has 0 aromatic heterocycles. The van der Waals surface area contributed by atoms with Gasteiger partial charge in [-0.25, -0.2) is 4.79 Å². The van der Waals surface area contributed by atoms with Crippen LogP contribution < -0.4 is 16.0 Å². The summed E-state index contributed by atoms with van der Waals surface area (Å²) in [7, 11) is 4.82. The van der Waals surface area contributed by atoms with E-state index >= 15 is 0 Å². The van der Waals surface area contributed by atoms with Crippen LogP contribution in [0.15, 0.2) is 60.7 Å². The molecular weight excluding hydrogens is 787 g/mol. The van der Waals surface area contributed by atoms with E-state index < -0.39 is 89.7 Å². The molecule has 3 heterocycles. The van der Waals surface area contributed by atoms with Gasteiger partial charge in [0, 0.05) is 33.0 Å². The number of hydrogen-bond donors (Lipinski definition) is 3. The van der Waals surface area contributed by atoms with Crippen molar-refractivity contribution in [2.45, 2.75) is 102 Å². The maximum Gasteiger partial charge on any atom is 0.329 e. The Hall–Kier alpha value is -5.84. The summed E-state index contributed by atoms with van der Waals surface area (Å²) in [6.45, 7) is 4.91. The van der Waals surface area contributed by atoms with Gasteiger partial charge >= 0.3 is 11.9 Å². The van der Waals surface area contributed by atoms with Gasteiger partial charge in [0.05, 0.1) is 19.6 Å². The molecule has 3 aliphatic rings. The van der Waals surface area contributed by atoms with Crippen LogP contribution in [0.2, 0.25) is 0 Å². The third kappa shape index (κ3) is 12.1. The zero-order valence-electron chi connectivity index (χ0n) is 35.8. The molecule has 0 aliphatic carbocycles. The molecule has 0 bridgehead atoms. The fourth-order valence-corrected chi connectivity index (χ4v) is 8.13. The minimum absolute atomic E-state index is 0.00262. The van der Waals surface area contributed by atoms with E-state index in [1.165, 1.54) is 35.6 Å². The predicted molar refractivity (Wildman–Crippen MR) is 222 cm³/mol. The summed E-state index contributed by atoms with van der Waals surface area (Å²) in [4.78, 5) is 117. The van der Waals surface area contributed by atoms with Gasteiger partial charge in [-0.05, 0) is 64.3 Å². The largest absolute Gasteiger partial charge is 0.465 e. The number of carbonyl (C=O) groups excluding carboxylic acids is 8. The van der Waals surface area contributed by atoms with Gasteiger partial charge in [0.1, 0.15) is 42.4 Å². The molecule has 3 saturated heterocycles. The van der Waals surface area contributed by atoms with Crippen molar-refractivity contribution in [3.8, 4) is 0 Å². The standard InChI is InChI=1S/C44H59N7O10/c1-27-22-35-44(59)61-29(3)38(47-39(54)32(23-30-14-9-7-10-15-30)46-36(52)24-31-16-11-8-12-17-31)43(58)50-20-13-18-34(50)42(57)49(6)33(19-21-60-37(53)26-48(4)5)40(55)45-28(2)41(56)51(35)25-27/h7-12,14-17,27-29,32-35,38H,13,18-26H2,1-6H3,(H,45,55)(H,46,52)(H,47,54)/t27-,28+,29+,32+,33+,34+,35+,38+/m1/s1. The van der Waals surface area contributed by atoms with Crippen LogP contribution in [0.1, 0.15) is 57.6 Å². The van der Waals surface area contributed by atoms with Crippen molar-refractivity contribution < 1.29 is 47.8 Å². The van der Waals surface area contributed by atoms with Gasteiger partial charge in [0.15, 0.2) is 0 Å². The second kappa shape index (κ2) is 21.1. The lowest BCUT2D eigenvalue weighted by atomic mass is 10.0. The highest BCUT2D eigenvalue weighted by Crippen LogP contribution is 2.27. The number of nitrogens with one attached hydrogen (secondary N) is 3. The van der Waals surface area contributed by atoms with Gasteiger partial charge in [0.2, 0.25) is 35.4 Å². The van der Waals surface area contributed by atoms with Crippen molar-refractivity contribution in [1.82, 2.24) is 35.6 Å². The Morgan fingerprint density at radius 3 is 2.20 bits per heavy atom. The minimum Gasteiger partial charge on any atom is -0.465 e. The molecule has 17 heteroatoms. The van der Waals surface area contributed by atoms with E-state index in [4.69, 9.17) is 9.47 Å². The maximum absolute atomic E-state index is 14.8. The van der Waals surface area contributed by atoms with E-state index in [1.54, 1.807) is 67.5 Å². The Morgan fingerprint density at radius 2 is 1.54 bits per heavy atom. The highest BCUT2D eigenvalue weighted by molar-refractivity contribution is 5.98. The van der Waals surface area contributed by atoms with Crippen LogP contribution in [0, 0.1) is 5.92 Å². The Balaban J connectivity index is 1.48. The summed E-state index contributed by atoms with van der Waals surface area (Å²) in [6.07, 6.45) is -0.450. The quantitative estimate of drug-likeness (QED) is 0.250. The average molecular weight is 846 g/mol. The van der Waals surface area contributed by atoms with Crippen molar-refractivity contribution in [2.24, 2.45) is 5.92 Å². The lowest BCUT2D eigenvalue weighted by Crippen LogP contribution is -2.62. The lowest BCUT2D eigenvalue weighted by Gasteiger charge is -2.36. The molecule has 5 rings (SSSR count). The van der Waals surface area contributed by atoms with Crippen LogP contribution in [0.4, 0.5) is 0 Å². The number of esters is 2. The average Bonchev–Trinajstić information content (AvgIpc) is 3.87. The number of carbonyl (C=O) groups is 8. The first kappa shape index (κ1) is 46.2. The zero-order valence-corrected chi connectivity index (χ0v) is 35.8. The number of likely N-dealkylation sites (N-methyl/N-ethyl adjacent to an activating group) is 2. The van der Waals surface area contributed by atoms with Crippen LogP contribution >= 0.6 is 0 Å². The molecule has 8 atom stereocenters. The Morgan fingerprint density at radius 1 is 0.885 bits per heavy atom. The second-order valence-corrected chi connectivity index (χ2v) is 16.6. The highest BCUT2D eigenvalue weighted by atomic mass is 16.5. The molecule has 6 amide bonds. The number of ether oxygens (including phenoxy) is 2. The number of hydrogen-bond acceptors (Lipinski definition) is 11. The lowest BCUT2D eigenvalue weighted by molar-refractivity contribution is -0.163. The molecular formula is C44H59N7O10. The monoisotopic (exact) mass is 845 g/mol. The summed E-state index contributed by atoms with van der Waals surface area (Å²) in [5, 5.41) is 8.30. The summed E-state index contributed by atoms with van der Waals surface area (Å²) >= 11 is 0. The fourth-order valence-electron chi connectivity index (χ4n) is 8.13. The van der Waals surface area contributed by atoms with Crippen molar-refractivity contribution in [3.63, 3.8) is 0 Å². The number of rotatable bonds is 12. The predicted octanol–water partition coefficient (Wildman–Crippen LogP) is 0.441. The molecule has 2 aromatic rings. The number of fused-ring (bicyclic) bond motifs is 2. The van der Waals surface area contributed by atoms with Crippen molar-refractivity contribution in [3.05, 3.63) is 71.8 Å². The van der Waals surface area contributed by atoms with E-state index in [-0.39, 0.29) is 64.3 Å². The summed E-state index contributed by atoms with van der Waals surface area (Å²) < 4.78 is 11.3. The van der Waals surface area contributed by atoms with E-state index in [9.17, 15) is 38.4 Å². The Kier molecular flexibility index (Phi) is 16.0. The van der Waals surface area contributed by atoms with Gasteiger partial charge < -0.3 is 40.1 Å². The van der Waals surface area contributed by atoms with Crippen molar-refractivity contribution >= 4 is 47.4 Å². The number of amides is 6. The van der Waals surface area contributed by atoms with E-state index in [2.05, 4.69) is 16.0 Å². The summed E-state index contributed by atoms with van der Waals surface area (Å²) in [6, 6.07) is 10.9. The molecule has 0 unspecified atom stereocenters. The van der Waals surface area contributed by atoms with Crippen LogP contribution in [0.25, 0.3) is 0 Å². The normalized spacial score (nSPS) is 25.7. The first-order valence-corrected chi connectivity index (χ1v) is 20.9. The van der Waals surface area contributed by atoms with E-state index in [0.29, 0.717) is 6.42 Å². The van der Waals surface area contributed by atoms with Crippen LogP contribution in [0.5, 0.6) is 0 Å². The summed E-state index contributed by atoms with van der Waals surface area (Å²) in [5.74, 6) is -5.14. The maximum atomic E-state index is 14.8. The van der Waals surface area contributed by atoms with Crippen LogP contribution in [-0.2, 0) is 60.7 Å². The first-order valence-electron chi connectivity index (χ1n) is 20.9. The fraction of sp³-hybridized carbons (Fsp3) is 0.545. The molecule has 2 aromatic carbocycles. The molecule has 3 N–H and O–H groups in total. The van der Waals surface area contributed by atoms with Gasteiger partial charge in [-0.1, -0.05) is 67.6 Å². The molecule has 0 spiro atoms. The number of cyclic esters (lactones) is 1. The molecule has 330 valence electrons. The minimum atomic E-state index is -1.52. The third-order valence-electron chi connectivity index (χ3n) is 11.3.